The molecule has 0 saturated carbocycles. The molecule has 0 N–H and O–H groups in total. The zero-order valence-electron chi connectivity index (χ0n) is 11.9. The average Bonchev–Trinajstić information content (AvgIpc) is 2.47. The summed E-state index contributed by atoms with van der Waals surface area (Å²) in [5.74, 6) is 1.84. The standard InChI is InChI=1S/C15H21N3O/c1-4-6-9-18(5-2)15-13-8-7-12(19-3)10-14(13)16-11-17-15/h7-8,10-11H,4-6,9H2,1-3H3. The molecule has 0 saturated heterocycles. The van der Waals surface area contributed by atoms with Crippen LogP contribution >= 0.6 is 0 Å². The Morgan fingerprint density at radius 1 is 1.21 bits per heavy atom. The second-order valence-corrected chi connectivity index (χ2v) is 4.51. The number of fused-ring (bicyclic) bond motifs is 1. The fourth-order valence-electron chi connectivity index (χ4n) is 2.16. The van der Waals surface area contributed by atoms with Crippen LogP contribution in [0.5, 0.6) is 5.75 Å². The third-order valence-electron chi connectivity index (χ3n) is 3.29. The van der Waals surface area contributed by atoms with Crippen molar-refractivity contribution in [2.75, 3.05) is 25.1 Å². The highest BCUT2D eigenvalue weighted by Crippen LogP contribution is 2.26. The monoisotopic (exact) mass is 259 g/mol. The van der Waals surface area contributed by atoms with Gasteiger partial charge in [-0.25, -0.2) is 9.97 Å². The van der Waals surface area contributed by atoms with Crippen molar-refractivity contribution in [2.24, 2.45) is 0 Å². The summed E-state index contributed by atoms with van der Waals surface area (Å²) in [6, 6.07) is 5.95. The lowest BCUT2D eigenvalue weighted by molar-refractivity contribution is 0.415. The minimum atomic E-state index is 0.828. The van der Waals surface area contributed by atoms with Crippen molar-refractivity contribution in [1.82, 2.24) is 9.97 Å². The number of aromatic nitrogens is 2. The largest absolute Gasteiger partial charge is 0.497 e. The Morgan fingerprint density at radius 3 is 2.74 bits per heavy atom. The van der Waals surface area contributed by atoms with Gasteiger partial charge in [-0.05, 0) is 25.5 Å². The minimum Gasteiger partial charge on any atom is -0.497 e. The van der Waals surface area contributed by atoms with Gasteiger partial charge in [0.1, 0.15) is 17.9 Å². The number of methoxy groups -OCH3 is 1. The quantitative estimate of drug-likeness (QED) is 0.798. The van der Waals surface area contributed by atoms with Gasteiger partial charge in [0.15, 0.2) is 0 Å². The summed E-state index contributed by atoms with van der Waals surface area (Å²) in [6.45, 7) is 6.35. The van der Waals surface area contributed by atoms with E-state index in [2.05, 4.69) is 28.7 Å². The van der Waals surface area contributed by atoms with E-state index in [1.165, 1.54) is 12.8 Å². The van der Waals surface area contributed by atoms with Crippen LogP contribution in [0.2, 0.25) is 0 Å². The maximum Gasteiger partial charge on any atom is 0.139 e. The molecule has 2 rings (SSSR count). The molecule has 1 aromatic heterocycles. The topological polar surface area (TPSA) is 38.2 Å². The molecule has 0 unspecified atom stereocenters. The van der Waals surface area contributed by atoms with Gasteiger partial charge in [0, 0.05) is 24.5 Å². The molecule has 0 amide bonds. The summed E-state index contributed by atoms with van der Waals surface area (Å²) in [7, 11) is 1.67. The van der Waals surface area contributed by atoms with Crippen molar-refractivity contribution in [1.29, 1.82) is 0 Å². The van der Waals surface area contributed by atoms with Gasteiger partial charge in [-0.1, -0.05) is 13.3 Å². The number of benzene rings is 1. The van der Waals surface area contributed by atoms with Crippen LogP contribution in [-0.2, 0) is 0 Å². The van der Waals surface area contributed by atoms with Gasteiger partial charge >= 0.3 is 0 Å². The van der Waals surface area contributed by atoms with Crippen LogP contribution in [0.1, 0.15) is 26.7 Å². The van der Waals surface area contributed by atoms with Crippen LogP contribution in [0.4, 0.5) is 5.82 Å². The van der Waals surface area contributed by atoms with E-state index in [1.54, 1.807) is 13.4 Å². The lowest BCUT2D eigenvalue weighted by Gasteiger charge is -2.22. The van der Waals surface area contributed by atoms with Crippen LogP contribution < -0.4 is 9.64 Å². The highest BCUT2D eigenvalue weighted by molar-refractivity contribution is 5.90. The summed E-state index contributed by atoms with van der Waals surface area (Å²) in [5.41, 5.74) is 0.930. The summed E-state index contributed by atoms with van der Waals surface area (Å²) >= 11 is 0. The first-order valence-corrected chi connectivity index (χ1v) is 6.83. The number of ether oxygens (including phenoxy) is 1. The number of hydrogen-bond donors (Lipinski definition) is 0. The normalized spacial score (nSPS) is 10.7. The summed E-state index contributed by atoms with van der Waals surface area (Å²) in [4.78, 5) is 11.1. The molecule has 4 heteroatoms. The number of anilines is 1. The van der Waals surface area contributed by atoms with Crippen LogP contribution in [0.3, 0.4) is 0 Å². The van der Waals surface area contributed by atoms with Crippen molar-refractivity contribution in [3.63, 3.8) is 0 Å². The predicted octanol–water partition coefficient (Wildman–Crippen LogP) is 3.26. The van der Waals surface area contributed by atoms with Crippen LogP contribution in [-0.4, -0.2) is 30.2 Å². The van der Waals surface area contributed by atoms with E-state index < -0.39 is 0 Å². The van der Waals surface area contributed by atoms with E-state index in [1.807, 2.05) is 18.2 Å². The van der Waals surface area contributed by atoms with Crippen molar-refractivity contribution in [2.45, 2.75) is 26.7 Å². The number of nitrogens with zero attached hydrogens (tertiary/aromatic N) is 3. The number of rotatable bonds is 6. The van der Waals surface area contributed by atoms with Crippen molar-refractivity contribution in [3.8, 4) is 5.75 Å². The molecule has 0 spiro atoms. The molecule has 1 heterocycles. The van der Waals surface area contributed by atoms with Crippen LogP contribution in [0.15, 0.2) is 24.5 Å². The Balaban J connectivity index is 2.41. The zero-order chi connectivity index (χ0) is 13.7. The van der Waals surface area contributed by atoms with Gasteiger partial charge in [-0.15, -0.1) is 0 Å². The molecule has 0 aliphatic heterocycles. The fourth-order valence-corrected chi connectivity index (χ4v) is 2.16. The van der Waals surface area contributed by atoms with Gasteiger partial charge < -0.3 is 9.64 Å². The average molecular weight is 259 g/mol. The maximum atomic E-state index is 5.24. The van der Waals surface area contributed by atoms with E-state index >= 15 is 0 Å². The molecule has 0 aliphatic carbocycles. The summed E-state index contributed by atoms with van der Waals surface area (Å²) < 4.78 is 5.24. The lowest BCUT2D eigenvalue weighted by atomic mass is 10.2. The van der Waals surface area contributed by atoms with Crippen LogP contribution in [0, 0.1) is 0 Å². The van der Waals surface area contributed by atoms with Crippen molar-refractivity contribution >= 4 is 16.7 Å². The van der Waals surface area contributed by atoms with Crippen molar-refractivity contribution in [3.05, 3.63) is 24.5 Å². The first-order valence-electron chi connectivity index (χ1n) is 6.83. The predicted molar refractivity (Wildman–Crippen MR) is 78.9 cm³/mol. The first kappa shape index (κ1) is 13.6. The molecule has 0 radical (unpaired) electrons. The minimum absolute atomic E-state index is 0.828. The second kappa shape index (κ2) is 6.36. The van der Waals surface area contributed by atoms with Gasteiger partial charge in [-0.3, -0.25) is 0 Å². The van der Waals surface area contributed by atoms with E-state index in [0.29, 0.717) is 0 Å². The molecule has 0 atom stereocenters. The highest BCUT2D eigenvalue weighted by atomic mass is 16.5. The van der Waals surface area contributed by atoms with Gasteiger partial charge in [0.05, 0.1) is 12.6 Å². The van der Waals surface area contributed by atoms with Crippen molar-refractivity contribution < 1.29 is 4.74 Å². The van der Waals surface area contributed by atoms with Gasteiger partial charge in [0.2, 0.25) is 0 Å². The Bertz CT molecular complexity index is 542. The fraction of sp³-hybridized carbons (Fsp3) is 0.467. The molecule has 102 valence electrons. The molecule has 1 aromatic carbocycles. The Labute approximate surface area is 114 Å². The molecule has 0 aliphatic rings. The Kier molecular flexibility index (Phi) is 4.55. The molecular weight excluding hydrogens is 238 g/mol. The molecule has 2 aromatic rings. The lowest BCUT2D eigenvalue weighted by Crippen LogP contribution is -2.25. The number of unbranched alkanes of at least 4 members (excludes halogenated alkanes) is 1. The number of hydrogen-bond acceptors (Lipinski definition) is 4. The Hall–Kier alpha value is -1.84. The maximum absolute atomic E-state index is 5.24. The summed E-state index contributed by atoms with van der Waals surface area (Å²) in [6.07, 6.45) is 3.99. The molecule has 4 nitrogen and oxygen atoms in total. The van der Waals surface area contributed by atoms with Gasteiger partial charge in [0.25, 0.3) is 0 Å². The molecule has 0 bridgehead atoms. The van der Waals surface area contributed by atoms with E-state index in [4.69, 9.17) is 4.74 Å². The third kappa shape index (κ3) is 2.95. The Morgan fingerprint density at radius 2 is 2.05 bits per heavy atom. The second-order valence-electron chi connectivity index (χ2n) is 4.51. The highest BCUT2D eigenvalue weighted by Gasteiger charge is 2.10. The van der Waals surface area contributed by atoms with E-state index in [0.717, 1.165) is 35.6 Å². The smallest absolute Gasteiger partial charge is 0.139 e. The van der Waals surface area contributed by atoms with E-state index in [-0.39, 0.29) is 0 Å². The zero-order valence-corrected chi connectivity index (χ0v) is 11.9. The SMILES string of the molecule is CCCCN(CC)c1ncnc2cc(OC)ccc12. The third-order valence-corrected chi connectivity index (χ3v) is 3.29. The summed E-state index contributed by atoms with van der Waals surface area (Å²) in [5, 5.41) is 1.08. The molecule has 0 fully saturated rings. The first-order chi connectivity index (χ1) is 9.30. The van der Waals surface area contributed by atoms with Crippen LogP contribution in [0.25, 0.3) is 10.9 Å². The molecule has 19 heavy (non-hydrogen) atoms. The van der Waals surface area contributed by atoms with Gasteiger partial charge in [-0.2, -0.15) is 0 Å². The molecular formula is C15H21N3O. The van der Waals surface area contributed by atoms with E-state index in [9.17, 15) is 0 Å².